The lowest BCUT2D eigenvalue weighted by molar-refractivity contribution is 0.102. The second-order valence-corrected chi connectivity index (χ2v) is 11.6. The average Bonchev–Trinajstić information content (AvgIpc) is 3.16. The lowest BCUT2D eigenvalue weighted by Crippen LogP contribution is -2.18. The minimum atomic E-state index is -3.41. The predicted molar refractivity (Wildman–Crippen MR) is 109 cm³/mol. The highest BCUT2D eigenvalue weighted by Crippen LogP contribution is 2.30. The Balaban J connectivity index is 1.79. The van der Waals surface area contributed by atoms with Gasteiger partial charge in [-0.25, -0.2) is 16.8 Å². The van der Waals surface area contributed by atoms with E-state index in [4.69, 9.17) is 0 Å². The van der Waals surface area contributed by atoms with Gasteiger partial charge in [-0.2, -0.15) is 0 Å². The summed E-state index contributed by atoms with van der Waals surface area (Å²) in [5, 5.41) is 2.34. The van der Waals surface area contributed by atoms with Gasteiger partial charge in [0, 0.05) is 17.5 Å². The van der Waals surface area contributed by atoms with Gasteiger partial charge in [-0.15, -0.1) is 0 Å². The first kappa shape index (κ1) is 20.5. The second kappa shape index (κ2) is 8.05. The first-order chi connectivity index (χ1) is 13.1. The zero-order valence-corrected chi connectivity index (χ0v) is 17.2. The van der Waals surface area contributed by atoms with Crippen LogP contribution in [-0.4, -0.2) is 34.2 Å². The third kappa shape index (κ3) is 4.99. The maximum Gasteiger partial charge on any atom is 0.255 e. The van der Waals surface area contributed by atoms with Crippen LogP contribution < -0.4 is 5.32 Å². The van der Waals surface area contributed by atoms with Gasteiger partial charge in [0.2, 0.25) is 0 Å². The molecular formula is C20H23NO5S2. The lowest BCUT2D eigenvalue weighted by Gasteiger charge is -2.13. The summed E-state index contributed by atoms with van der Waals surface area (Å²) in [6.45, 7) is 0. The molecule has 0 heterocycles. The Hall–Kier alpha value is -2.19. The number of carbonyl (C=O) groups is 1. The van der Waals surface area contributed by atoms with Crippen molar-refractivity contribution in [3.05, 3.63) is 59.7 Å². The van der Waals surface area contributed by atoms with Crippen LogP contribution in [0.15, 0.2) is 53.4 Å². The highest BCUT2D eigenvalue weighted by atomic mass is 32.2. The van der Waals surface area contributed by atoms with Crippen LogP contribution in [0.25, 0.3) is 0 Å². The summed E-state index contributed by atoms with van der Waals surface area (Å²) in [4.78, 5) is 12.8. The van der Waals surface area contributed by atoms with E-state index in [0.717, 1.165) is 19.1 Å². The van der Waals surface area contributed by atoms with Gasteiger partial charge < -0.3 is 5.32 Å². The smallest absolute Gasteiger partial charge is 0.255 e. The Morgan fingerprint density at radius 1 is 1.00 bits per heavy atom. The van der Waals surface area contributed by atoms with E-state index in [-0.39, 0.29) is 15.9 Å². The number of nitrogens with one attached hydrogen (secondary N) is 1. The van der Waals surface area contributed by atoms with Crippen molar-refractivity contribution < 1.29 is 21.6 Å². The van der Waals surface area contributed by atoms with Gasteiger partial charge in [-0.05, 0) is 48.7 Å². The summed E-state index contributed by atoms with van der Waals surface area (Å²) < 4.78 is 48.4. The van der Waals surface area contributed by atoms with Crippen molar-refractivity contribution in [1.82, 2.24) is 0 Å². The maximum atomic E-state index is 12.8. The van der Waals surface area contributed by atoms with Crippen LogP contribution in [0.5, 0.6) is 0 Å². The van der Waals surface area contributed by atoms with Gasteiger partial charge in [0.25, 0.3) is 5.91 Å². The van der Waals surface area contributed by atoms with Gasteiger partial charge in [0.1, 0.15) is 0 Å². The molecule has 1 aliphatic carbocycles. The quantitative estimate of drug-likeness (QED) is 0.772. The molecule has 0 saturated heterocycles. The molecular weight excluding hydrogens is 398 g/mol. The van der Waals surface area contributed by atoms with Gasteiger partial charge in [0.05, 0.1) is 15.9 Å². The molecule has 3 rings (SSSR count). The molecule has 0 spiro atoms. The van der Waals surface area contributed by atoms with Gasteiger partial charge in [-0.3, -0.25) is 4.79 Å². The van der Waals surface area contributed by atoms with E-state index >= 15 is 0 Å². The van der Waals surface area contributed by atoms with Crippen LogP contribution in [0.2, 0.25) is 0 Å². The van der Waals surface area contributed by atoms with Gasteiger partial charge >= 0.3 is 0 Å². The van der Waals surface area contributed by atoms with Crippen molar-refractivity contribution in [2.45, 2.75) is 41.6 Å². The molecule has 1 saturated carbocycles. The Bertz CT molecular complexity index is 1090. The van der Waals surface area contributed by atoms with Crippen molar-refractivity contribution >= 4 is 31.3 Å². The fourth-order valence-electron chi connectivity index (χ4n) is 3.45. The Kier molecular flexibility index (Phi) is 5.90. The molecule has 0 bridgehead atoms. The zero-order valence-electron chi connectivity index (χ0n) is 15.6. The summed E-state index contributed by atoms with van der Waals surface area (Å²) >= 11 is 0. The lowest BCUT2D eigenvalue weighted by atomic mass is 10.1. The van der Waals surface area contributed by atoms with E-state index in [9.17, 15) is 21.6 Å². The number of benzene rings is 2. The summed E-state index contributed by atoms with van der Waals surface area (Å²) in [5.74, 6) is -0.575. The molecule has 2 aromatic carbocycles. The predicted octanol–water partition coefficient (Wildman–Crippen LogP) is 3.20. The molecule has 28 heavy (non-hydrogen) atoms. The molecule has 0 unspecified atom stereocenters. The Morgan fingerprint density at radius 3 is 2.36 bits per heavy atom. The number of hydrogen-bond donors (Lipinski definition) is 1. The Labute approximate surface area is 165 Å². The van der Waals surface area contributed by atoms with Crippen LogP contribution in [0.4, 0.5) is 5.69 Å². The molecule has 0 radical (unpaired) electrons. The first-order valence-electron chi connectivity index (χ1n) is 9.07. The number of carbonyl (C=O) groups excluding carboxylic acids is 1. The Morgan fingerprint density at radius 2 is 1.68 bits per heavy atom. The molecule has 1 fully saturated rings. The molecule has 8 heteroatoms. The monoisotopic (exact) mass is 421 g/mol. The number of anilines is 1. The van der Waals surface area contributed by atoms with Crippen LogP contribution in [0.3, 0.4) is 0 Å². The summed E-state index contributed by atoms with van der Waals surface area (Å²) in [7, 11) is -6.61. The molecule has 6 nitrogen and oxygen atoms in total. The zero-order chi connectivity index (χ0) is 20.4. The summed E-state index contributed by atoms with van der Waals surface area (Å²) in [6.07, 6.45) is 4.32. The van der Waals surface area contributed by atoms with E-state index in [1.54, 1.807) is 36.4 Å². The molecule has 0 aromatic heterocycles. The number of rotatable bonds is 6. The number of amides is 1. The van der Waals surface area contributed by atoms with E-state index < -0.39 is 25.6 Å². The standard InChI is InChI=1S/C20H23NO5S2/c1-27(23,24)14-15-6-4-7-16(12-15)20(22)21-17-8-5-11-19(13-17)28(25,26)18-9-2-3-10-18/h4-8,11-13,18H,2-3,9-10,14H2,1H3,(H,21,22). The van der Waals surface area contributed by atoms with Crippen molar-refractivity contribution in [3.8, 4) is 0 Å². The van der Waals surface area contributed by atoms with Crippen molar-refractivity contribution in [3.63, 3.8) is 0 Å². The molecule has 1 aliphatic rings. The highest BCUT2D eigenvalue weighted by molar-refractivity contribution is 7.92. The van der Waals surface area contributed by atoms with Crippen molar-refractivity contribution in [2.75, 3.05) is 11.6 Å². The number of sulfone groups is 2. The SMILES string of the molecule is CS(=O)(=O)Cc1cccc(C(=O)Nc2cccc(S(=O)(=O)C3CCCC3)c2)c1. The highest BCUT2D eigenvalue weighted by Gasteiger charge is 2.30. The first-order valence-corrected chi connectivity index (χ1v) is 12.7. The van der Waals surface area contributed by atoms with Crippen LogP contribution in [0.1, 0.15) is 41.6 Å². The third-order valence-corrected chi connectivity index (χ3v) is 7.90. The van der Waals surface area contributed by atoms with Crippen LogP contribution in [-0.2, 0) is 25.4 Å². The van der Waals surface area contributed by atoms with Crippen molar-refractivity contribution in [1.29, 1.82) is 0 Å². The second-order valence-electron chi connectivity index (χ2n) is 7.20. The topological polar surface area (TPSA) is 97.4 Å². The minimum Gasteiger partial charge on any atom is -0.322 e. The van der Waals surface area contributed by atoms with Gasteiger partial charge in [0.15, 0.2) is 19.7 Å². The summed E-state index contributed by atoms with van der Waals surface area (Å²) in [5.41, 5.74) is 1.22. The largest absolute Gasteiger partial charge is 0.322 e. The third-order valence-electron chi connectivity index (χ3n) is 4.78. The van der Waals surface area contributed by atoms with Gasteiger partial charge in [-0.1, -0.05) is 31.0 Å². The normalized spacial score (nSPS) is 15.5. The minimum absolute atomic E-state index is 0.150. The fraction of sp³-hybridized carbons (Fsp3) is 0.350. The maximum absolute atomic E-state index is 12.8. The van der Waals surface area contributed by atoms with E-state index in [1.165, 1.54) is 12.1 Å². The molecule has 1 N–H and O–H groups in total. The van der Waals surface area contributed by atoms with E-state index in [2.05, 4.69) is 5.32 Å². The van der Waals surface area contributed by atoms with Crippen molar-refractivity contribution in [2.24, 2.45) is 0 Å². The summed E-state index contributed by atoms with van der Waals surface area (Å²) in [6, 6.07) is 12.6. The average molecular weight is 422 g/mol. The molecule has 2 aromatic rings. The molecule has 0 aliphatic heterocycles. The molecule has 1 amide bonds. The van der Waals surface area contributed by atoms with E-state index in [0.29, 0.717) is 29.7 Å². The molecule has 150 valence electrons. The molecule has 0 atom stereocenters. The fourth-order valence-corrected chi connectivity index (χ4v) is 6.13. The van der Waals surface area contributed by atoms with Crippen LogP contribution >= 0.6 is 0 Å². The van der Waals surface area contributed by atoms with E-state index in [1.807, 2.05) is 0 Å². The number of hydrogen-bond acceptors (Lipinski definition) is 5. The van der Waals surface area contributed by atoms with Crippen LogP contribution in [0, 0.1) is 0 Å².